The van der Waals surface area contributed by atoms with Gasteiger partial charge in [-0.3, -0.25) is 14.9 Å². The number of halogens is 1. The number of rotatable bonds is 6. The van der Waals surface area contributed by atoms with E-state index in [1.54, 1.807) is 34.9 Å². The maximum atomic E-state index is 13.3. The number of imidazole rings is 1. The Hall–Kier alpha value is -4.31. The summed E-state index contributed by atoms with van der Waals surface area (Å²) in [5.74, 6) is 0.135. The molecule has 3 heterocycles. The van der Waals surface area contributed by atoms with Gasteiger partial charge in [0.2, 0.25) is 5.78 Å². The molecule has 2 aromatic carbocycles. The van der Waals surface area contributed by atoms with Crippen LogP contribution in [0.25, 0.3) is 27.9 Å². The number of benzene rings is 2. The maximum absolute atomic E-state index is 13.3. The van der Waals surface area contributed by atoms with E-state index in [0.717, 1.165) is 4.47 Å². The largest absolute Gasteiger partial charge is 0.497 e. The topological polar surface area (TPSA) is 109 Å². The van der Waals surface area contributed by atoms with Crippen molar-refractivity contribution in [2.24, 2.45) is 0 Å². The van der Waals surface area contributed by atoms with Gasteiger partial charge < -0.3 is 9.15 Å². The van der Waals surface area contributed by atoms with Gasteiger partial charge in [0.05, 0.1) is 16.5 Å². The number of carbonyl (C=O) groups excluding carboxylic acids is 1. The van der Waals surface area contributed by atoms with Crippen LogP contribution in [0.4, 0.5) is 5.69 Å². The molecule has 0 saturated carbocycles. The third-order valence-corrected chi connectivity index (χ3v) is 6.13. The van der Waals surface area contributed by atoms with Crippen molar-refractivity contribution in [1.29, 1.82) is 0 Å². The van der Waals surface area contributed by atoms with Gasteiger partial charge in [-0.25, -0.2) is 13.8 Å². The van der Waals surface area contributed by atoms with Crippen molar-refractivity contribution in [1.82, 2.24) is 4.57 Å². The van der Waals surface area contributed by atoms with E-state index in [2.05, 4.69) is 15.9 Å². The predicted molar refractivity (Wildman–Crippen MR) is 131 cm³/mol. The molecule has 0 unspecified atom stereocenters. The molecule has 35 heavy (non-hydrogen) atoms. The number of non-ortho nitro benzene ring substituents is 1. The number of ketones is 1. The van der Waals surface area contributed by atoms with E-state index in [0.29, 0.717) is 33.6 Å². The molecule has 0 fully saturated rings. The van der Waals surface area contributed by atoms with Gasteiger partial charge in [0, 0.05) is 29.1 Å². The van der Waals surface area contributed by atoms with E-state index in [4.69, 9.17) is 9.15 Å². The Morgan fingerprint density at radius 2 is 1.89 bits per heavy atom. The Morgan fingerprint density at radius 3 is 2.60 bits per heavy atom. The Bertz CT molecular complexity index is 1690. The molecule has 0 spiro atoms. The molecule has 0 radical (unpaired) electrons. The van der Waals surface area contributed by atoms with Gasteiger partial charge >= 0.3 is 5.63 Å². The van der Waals surface area contributed by atoms with Crippen molar-refractivity contribution in [3.05, 3.63) is 104 Å². The molecule has 0 atom stereocenters. The monoisotopic (exact) mass is 534 g/mol. The summed E-state index contributed by atoms with van der Waals surface area (Å²) in [7, 11) is 1.53. The zero-order chi connectivity index (χ0) is 24.7. The lowest BCUT2D eigenvalue weighted by Gasteiger charge is -2.05. The van der Waals surface area contributed by atoms with Gasteiger partial charge in [-0.2, -0.15) is 0 Å². The van der Waals surface area contributed by atoms with Gasteiger partial charge in [-0.05, 0) is 58.4 Å². The molecule has 0 aliphatic rings. The van der Waals surface area contributed by atoms with Crippen LogP contribution in [0.1, 0.15) is 10.4 Å². The van der Waals surface area contributed by atoms with Crippen molar-refractivity contribution >= 4 is 44.0 Å². The van der Waals surface area contributed by atoms with Crippen molar-refractivity contribution in [2.75, 3.05) is 7.11 Å². The van der Waals surface area contributed by atoms with E-state index < -0.39 is 16.3 Å². The summed E-state index contributed by atoms with van der Waals surface area (Å²) in [4.78, 5) is 36.6. The fourth-order valence-corrected chi connectivity index (χ4v) is 4.29. The molecule has 3 aromatic heterocycles. The second-order valence-electron chi connectivity index (χ2n) is 7.79. The van der Waals surface area contributed by atoms with Gasteiger partial charge in [0.1, 0.15) is 29.3 Å². The first-order valence-corrected chi connectivity index (χ1v) is 11.2. The number of aromatic nitrogens is 2. The third-order valence-electron chi connectivity index (χ3n) is 5.66. The Balaban J connectivity index is 1.61. The number of nitro groups is 1. The van der Waals surface area contributed by atoms with E-state index in [9.17, 15) is 19.7 Å². The SMILES string of the molecule is COc1ccc2oc(=O)c(C(=O)Cn3c(-c4ccc([N+](=O)[O-])cc4)c[n+]4cc(Br)ccc34)cc2c1. The van der Waals surface area contributed by atoms with E-state index in [1.807, 2.05) is 28.9 Å². The van der Waals surface area contributed by atoms with E-state index in [1.165, 1.54) is 25.3 Å². The van der Waals surface area contributed by atoms with Crippen LogP contribution in [0.2, 0.25) is 0 Å². The molecule has 9 nitrogen and oxygen atoms in total. The Morgan fingerprint density at radius 1 is 1.11 bits per heavy atom. The number of hydrogen-bond acceptors (Lipinski definition) is 6. The van der Waals surface area contributed by atoms with Crippen LogP contribution in [-0.2, 0) is 6.54 Å². The highest BCUT2D eigenvalue weighted by Gasteiger charge is 2.25. The molecule has 0 bridgehead atoms. The number of Topliss-reactive ketones (excluding diaryl/α,β-unsaturated/α-hetero) is 1. The van der Waals surface area contributed by atoms with Crippen LogP contribution < -0.4 is 14.8 Å². The summed E-state index contributed by atoms with van der Waals surface area (Å²) in [5, 5.41) is 11.6. The summed E-state index contributed by atoms with van der Waals surface area (Å²) in [6.45, 7) is -0.148. The molecule has 5 rings (SSSR count). The quantitative estimate of drug-likeness (QED) is 0.104. The fraction of sp³-hybridized carbons (Fsp3) is 0.0800. The molecule has 10 heteroatoms. The van der Waals surface area contributed by atoms with Crippen molar-refractivity contribution in [3.8, 4) is 17.0 Å². The van der Waals surface area contributed by atoms with Crippen molar-refractivity contribution < 1.29 is 23.3 Å². The molecule has 0 aliphatic carbocycles. The second-order valence-corrected chi connectivity index (χ2v) is 8.71. The average molecular weight is 535 g/mol. The fourth-order valence-electron chi connectivity index (χ4n) is 3.94. The summed E-state index contributed by atoms with van der Waals surface area (Å²) < 4.78 is 15.0. The van der Waals surface area contributed by atoms with Gasteiger partial charge in [0.25, 0.3) is 11.3 Å². The van der Waals surface area contributed by atoms with Crippen LogP contribution in [0.3, 0.4) is 0 Å². The minimum atomic E-state index is -0.726. The number of fused-ring (bicyclic) bond motifs is 2. The summed E-state index contributed by atoms with van der Waals surface area (Å²) in [5.41, 5.74) is 1.54. The van der Waals surface area contributed by atoms with Crippen LogP contribution in [0.5, 0.6) is 5.75 Å². The van der Waals surface area contributed by atoms with Crippen LogP contribution in [0.15, 0.2) is 86.7 Å². The Labute approximate surface area is 206 Å². The van der Waals surface area contributed by atoms with Crippen molar-refractivity contribution in [3.63, 3.8) is 0 Å². The Kier molecular flexibility index (Phi) is 5.65. The number of pyridine rings is 1. The molecule has 5 aromatic rings. The zero-order valence-corrected chi connectivity index (χ0v) is 19.9. The first-order chi connectivity index (χ1) is 16.8. The lowest BCUT2D eigenvalue weighted by molar-refractivity contribution is -0.511. The highest BCUT2D eigenvalue weighted by molar-refractivity contribution is 9.10. The van der Waals surface area contributed by atoms with Crippen LogP contribution >= 0.6 is 15.9 Å². The molecule has 174 valence electrons. The molecule has 0 aliphatic heterocycles. The van der Waals surface area contributed by atoms with E-state index >= 15 is 0 Å². The molecular formula is C25H17BrN3O6+. The maximum Gasteiger partial charge on any atom is 0.347 e. The molecule has 0 amide bonds. The standard InChI is InChI=1S/C25H17BrN3O6/c1-34-19-7-8-23-16(10-19)11-20(25(31)35-23)22(30)14-28-21(13-27-12-17(26)4-9-24(27)28)15-2-5-18(6-3-15)29(32)33/h2-13H,14H2,1H3/q+1. The van der Waals surface area contributed by atoms with E-state index in [-0.39, 0.29) is 17.8 Å². The number of hydrogen-bond donors (Lipinski definition) is 0. The average Bonchev–Trinajstić information content (AvgIpc) is 3.20. The van der Waals surface area contributed by atoms with Crippen LogP contribution in [0, 0.1) is 10.1 Å². The number of ether oxygens (including phenoxy) is 1. The van der Waals surface area contributed by atoms with Gasteiger partial charge in [-0.1, -0.05) is 0 Å². The zero-order valence-electron chi connectivity index (χ0n) is 18.3. The smallest absolute Gasteiger partial charge is 0.347 e. The highest BCUT2D eigenvalue weighted by atomic mass is 79.9. The number of nitro benzene ring substituents is 1. The first kappa shape index (κ1) is 22.5. The summed E-state index contributed by atoms with van der Waals surface area (Å²) >= 11 is 3.44. The molecular weight excluding hydrogens is 518 g/mol. The number of nitrogens with zero attached hydrogens (tertiary/aromatic N) is 3. The molecule has 0 saturated heterocycles. The van der Waals surface area contributed by atoms with Gasteiger partial charge in [0.15, 0.2) is 12.2 Å². The lowest BCUT2D eigenvalue weighted by Crippen LogP contribution is -2.22. The predicted octanol–water partition coefficient (Wildman–Crippen LogP) is 4.56. The van der Waals surface area contributed by atoms with Gasteiger partial charge in [-0.15, -0.1) is 0 Å². The van der Waals surface area contributed by atoms with Crippen molar-refractivity contribution in [2.45, 2.75) is 6.54 Å². The third kappa shape index (κ3) is 4.19. The minimum Gasteiger partial charge on any atom is -0.497 e. The summed E-state index contributed by atoms with van der Waals surface area (Å²) in [6.07, 6.45) is 3.66. The van der Waals surface area contributed by atoms with Crippen LogP contribution in [-0.4, -0.2) is 22.4 Å². The number of carbonyl (C=O) groups is 1. The highest BCUT2D eigenvalue weighted by Crippen LogP contribution is 2.25. The first-order valence-electron chi connectivity index (χ1n) is 10.4. The number of methoxy groups -OCH3 is 1. The summed E-state index contributed by atoms with van der Waals surface area (Å²) in [6, 6.07) is 16.2. The lowest BCUT2D eigenvalue weighted by atomic mass is 10.1. The molecule has 0 N–H and O–H groups in total. The normalized spacial score (nSPS) is 11.1. The minimum absolute atomic E-state index is 0.0351. The second kappa shape index (κ2) is 8.80.